The fourth-order valence-electron chi connectivity index (χ4n) is 3.15. The standard InChI is InChI=1S/C19H20F3NO3/c1-3-5-17(24)23-13(7-9-18(25)26-4-2)6-8-16(23)19-14(21)10-12(20)11-15(19)22/h3,7,9-11,13,16H,1,4-6,8H2,2H3/b9-7+/t13-,16+/m1/s1. The van der Waals surface area contributed by atoms with Gasteiger partial charge in [-0.2, -0.15) is 0 Å². The lowest BCUT2D eigenvalue weighted by Crippen LogP contribution is -2.36. The van der Waals surface area contributed by atoms with E-state index in [0.717, 1.165) is 0 Å². The van der Waals surface area contributed by atoms with Crippen molar-refractivity contribution in [2.45, 2.75) is 38.3 Å². The molecule has 0 N–H and O–H groups in total. The second-order valence-corrected chi connectivity index (χ2v) is 5.85. The number of benzene rings is 1. The van der Waals surface area contributed by atoms with E-state index in [1.807, 2.05) is 0 Å². The first-order chi connectivity index (χ1) is 12.4. The van der Waals surface area contributed by atoms with Crippen LogP contribution in [0.3, 0.4) is 0 Å². The fraction of sp³-hybridized carbons (Fsp3) is 0.368. The molecular formula is C19H20F3NO3. The van der Waals surface area contributed by atoms with Gasteiger partial charge < -0.3 is 9.64 Å². The summed E-state index contributed by atoms with van der Waals surface area (Å²) in [6.07, 6.45) is 4.73. The van der Waals surface area contributed by atoms with Crippen LogP contribution in [0.5, 0.6) is 0 Å². The second-order valence-electron chi connectivity index (χ2n) is 5.85. The van der Waals surface area contributed by atoms with Gasteiger partial charge >= 0.3 is 5.97 Å². The summed E-state index contributed by atoms with van der Waals surface area (Å²) in [7, 11) is 0. The Hall–Kier alpha value is -2.57. The Bertz CT molecular complexity index is 710. The first-order valence-electron chi connectivity index (χ1n) is 8.30. The maximum absolute atomic E-state index is 14.2. The van der Waals surface area contributed by atoms with E-state index in [4.69, 9.17) is 4.74 Å². The van der Waals surface area contributed by atoms with Crippen molar-refractivity contribution < 1.29 is 27.5 Å². The Balaban J connectivity index is 2.36. The van der Waals surface area contributed by atoms with Gasteiger partial charge in [-0.15, -0.1) is 6.58 Å². The van der Waals surface area contributed by atoms with Crippen LogP contribution < -0.4 is 0 Å². The lowest BCUT2D eigenvalue weighted by atomic mass is 10.0. The number of hydrogen-bond acceptors (Lipinski definition) is 3. The minimum absolute atomic E-state index is 0.0231. The van der Waals surface area contributed by atoms with Crippen molar-refractivity contribution in [1.82, 2.24) is 4.90 Å². The zero-order valence-corrected chi connectivity index (χ0v) is 14.4. The van der Waals surface area contributed by atoms with E-state index in [0.29, 0.717) is 18.6 Å². The predicted octanol–water partition coefficient (Wildman–Crippen LogP) is 3.83. The van der Waals surface area contributed by atoms with Gasteiger partial charge in [0, 0.05) is 30.2 Å². The average molecular weight is 367 g/mol. The van der Waals surface area contributed by atoms with Crippen LogP contribution >= 0.6 is 0 Å². The number of amides is 1. The highest BCUT2D eigenvalue weighted by Crippen LogP contribution is 2.39. The third-order valence-corrected chi connectivity index (χ3v) is 4.15. The molecule has 1 fully saturated rings. The maximum Gasteiger partial charge on any atom is 0.330 e. The van der Waals surface area contributed by atoms with Gasteiger partial charge in [-0.1, -0.05) is 12.2 Å². The third-order valence-electron chi connectivity index (χ3n) is 4.15. The summed E-state index contributed by atoms with van der Waals surface area (Å²) in [5.41, 5.74) is -0.351. The molecule has 1 heterocycles. The lowest BCUT2D eigenvalue weighted by Gasteiger charge is -2.29. The molecule has 2 atom stereocenters. The van der Waals surface area contributed by atoms with Gasteiger partial charge in [0.1, 0.15) is 17.5 Å². The Morgan fingerprint density at radius 3 is 2.50 bits per heavy atom. The van der Waals surface area contributed by atoms with E-state index < -0.39 is 35.5 Å². The summed E-state index contributed by atoms with van der Waals surface area (Å²) >= 11 is 0. The molecule has 0 aliphatic carbocycles. The summed E-state index contributed by atoms with van der Waals surface area (Å²) in [4.78, 5) is 25.3. The molecule has 1 aromatic carbocycles. The number of halogens is 3. The first-order valence-corrected chi connectivity index (χ1v) is 8.30. The number of nitrogens with zero attached hydrogens (tertiary/aromatic N) is 1. The third kappa shape index (κ3) is 4.33. The molecule has 7 heteroatoms. The van der Waals surface area contributed by atoms with Crippen LogP contribution in [0.2, 0.25) is 0 Å². The molecule has 140 valence electrons. The summed E-state index contributed by atoms with van der Waals surface area (Å²) < 4.78 is 46.4. The number of carbonyl (C=O) groups is 2. The minimum atomic E-state index is -1.04. The van der Waals surface area contributed by atoms with Crippen LogP contribution in [0.25, 0.3) is 0 Å². The molecule has 1 aliphatic rings. The zero-order chi connectivity index (χ0) is 19.3. The molecule has 0 saturated carbocycles. The molecule has 0 spiro atoms. The molecule has 0 unspecified atom stereocenters. The predicted molar refractivity (Wildman–Crippen MR) is 89.5 cm³/mol. The number of carbonyl (C=O) groups excluding carboxylic acids is 2. The van der Waals surface area contributed by atoms with E-state index in [9.17, 15) is 22.8 Å². The topological polar surface area (TPSA) is 46.6 Å². The highest BCUT2D eigenvalue weighted by atomic mass is 19.1. The first kappa shape index (κ1) is 19.8. The molecule has 0 radical (unpaired) electrons. The van der Waals surface area contributed by atoms with Crippen LogP contribution in [0.15, 0.2) is 36.9 Å². The Morgan fingerprint density at radius 2 is 1.92 bits per heavy atom. The van der Waals surface area contributed by atoms with Gasteiger partial charge in [-0.3, -0.25) is 4.79 Å². The van der Waals surface area contributed by atoms with Crippen molar-refractivity contribution in [1.29, 1.82) is 0 Å². The van der Waals surface area contributed by atoms with Gasteiger partial charge in [0.15, 0.2) is 0 Å². The minimum Gasteiger partial charge on any atom is -0.463 e. The van der Waals surface area contributed by atoms with Crippen molar-refractivity contribution in [3.63, 3.8) is 0 Å². The number of esters is 1. The highest BCUT2D eigenvalue weighted by Gasteiger charge is 2.38. The summed E-state index contributed by atoms with van der Waals surface area (Å²) in [6, 6.07) is -0.229. The summed E-state index contributed by atoms with van der Waals surface area (Å²) in [5.74, 6) is -4.06. The van der Waals surface area contributed by atoms with Gasteiger partial charge in [0.05, 0.1) is 18.7 Å². The van der Waals surface area contributed by atoms with Crippen molar-refractivity contribution in [3.8, 4) is 0 Å². The Labute approximate surface area is 149 Å². The molecule has 1 saturated heterocycles. The molecule has 1 aliphatic heterocycles. The lowest BCUT2D eigenvalue weighted by molar-refractivity contribution is -0.137. The molecule has 0 bridgehead atoms. The molecule has 0 aromatic heterocycles. The molecule has 4 nitrogen and oxygen atoms in total. The fourth-order valence-corrected chi connectivity index (χ4v) is 3.15. The van der Waals surface area contributed by atoms with Crippen molar-refractivity contribution in [2.75, 3.05) is 6.61 Å². The largest absolute Gasteiger partial charge is 0.463 e. The van der Waals surface area contributed by atoms with E-state index in [1.54, 1.807) is 6.92 Å². The summed E-state index contributed by atoms with van der Waals surface area (Å²) in [5, 5.41) is 0. The van der Waals surface area contributed by atoms with Gasteiger partial charge in [0.2, 0.25) is 5.91 Å². The van der Waals surface area contributed by atoms with Gasteiger partial charge in [0.25, 0.3) is 0 Å². The second kappa shape index (κ2) is 8.69. The Morgan fingerprint density at radius 1 is 1.27 bits per heavy atom. The van der Waals surface area contributed by atoms with Crippen molar-refractivity contribution in [3.05, 3.63) is 60.0 Å². The van der Waals surface area contributed by atoms with E-state index in [1.165, 1.54) is 23.1 Å². The van der Waals surface area contributed by atoms with Gasteiger partial charge in [-0.05, 0) is 19.8 Å². The summed E-state index contributed by atoms with van der Waals surface area (Å²) in [6.45, 7) is 5.38. The van der Waals surface area contributed by atoms with Gasteiger partial charge in [-0.25, -0.2) is 18.0 Å². The zero-order valence-electron chi connectivity index (χ0n) is 14.4. The molecule has 1 aromatic rings. The van der Waals surface area contributed by atoms with Crippen LogP contribution in [0.4, 0.5) is 13.2 Å². The smallest absolute Gasteiger partial charge is 0.330 e. The van der Waals surface area contributed by atoms with Crippen molar-refractivity contribution in [2.24, 2.45) is 0 Å². The van der Waals surface area contributed by atoms with E-state index in [2.05, 4.69) is 6.58 Å². The number of hydrogen-bond donors (Lipinski definition) is 0. The van der Waals surface area contributed by atoms with E-state index >= 15 is 0 Å². The monoisotopic (exact) mass is 367 g/mol. The number of ether oxygens (including phenoxy) is 1. The quantitative estimate of drug-likeness (QED) is 0.436. The molecular weight excluding hydrogens is 347 g/mol. The Kier molecular flexibility index (Phi) is 6.60. The van der Waals surface area contributed by atoms with E-state index in [-0.39, 0.29) is 30.9 Å². The maximum atomic E-state index is 14.2. The average Bonchev–Trinajstić information content (AvgIpc) is 2.96. The SMILES string of the molecule is C=CCC(=O)N1[C@@H](/C=C/C(=O)OCC)CC[C@H]1c1c(F)cc(F)cc1F. The van der Waals surface area contributed by atoms with Crippen LogP contribution in [-0.4, -0.2) is 29.4 Å². The molecule has 26 heavy (non-hydrogen) atoms. The van der Waals surface area contributed by atoms with Crippen molar-refractivity contribution >= 4 is 11.9 Å². The van der Waals surface area contributed by atoms with Crippen LogP contribution in [-0.2, 0) is 14.3 Å². The van der Waals surface area contributed by atoms with Crippen LogP contribution in [0.1, 0.15) is 37.8 Å². The normalized spacial score (nSPS) is 19.8. The molecule has 2 rings (SSSR count). The number of rotatable bonds is 6. The molecule has 1 amide bonds. The highest BCUT2D eigenvalue weighted by molar-refractivity contribution is 5.83. The number of likely N-dealkylation sites (tertiary alicyclic amines) is 1. The van der Waals surface area contributed by atoms with Crippen LogP contribution in [0, 0.1) is 17.5 Å².